The number of carbonyl (C=O) groups is 2. The van der Waals surface area contributed by atoms with Crippen LogP contribution in [0.1, 0.15) is 68.3 Å². The Hall–Kier alpha value is -2.14. The highest BCUT2D eigenvalue weighted by molar-refractivity contribution is 5.89. The minimum Gasteiger partial charge on any atom is -0.462 e. The van der Waals surface area contributed by atoms with Crippen LogP contribution in [-0.2, 0) is 16.0 Å². The molecule has 1 aliphatic rings. The highest BCUT2D eigenvalue weighted by Gasteiger charge is 2.28. The van der Waals surface area contributed by atoms with E-state index < -0.39 is 6.10 Å². The number of ether oxygens (including phenoxy) is 1. The number of aliphatic hydroxyl groups is 1. The van der Waals surface area contributed by atoms with Gasteiger partial charge in [0.1, 0.15) is 0 Å². The number of amides is 1. The van der Waals surface area contributed by atoms with Gasteiger partial charge in [0.15, 0.2) is 0 Å². The molecule has 0 saturated carbocycles. The van der Waals surface area contributed by atoms with Gasteiger partial charge in [0, 0.05) is 13.0 Å². The minimum atomic E-state index is -0.431. The molecule has 0 radical (unpaired) electrons. The number of nitrogens with zero attached hydrogens (tertiary/aromatic N) is 1. The summed E-state index contributed by atoms with van der Waals surface area (Å²) in [5.74, 6) is -0.148. The van der Waals surface area contributed by atoms with E-state index in [9.17, 15) is 14.7 Å². The Morgan fingerprint density at radius 1 is 1.29 bits per heavy atom. The second kappa shape index (κ2) is 11.6. The van der Waals surface area contributed by atoms with Crippen molar-refractivity contribution in [2.24, 2.45) is 0 Å². The van der Waals surface area contributed by atoms with Crippen molar-refractivity contribution in [2.45, 2.75) is 70.9 Å². The first kappa shape index (κ1) is 22.2. The molecule has 0 aliphatic carbocycles. The van der Waals surface area contributed by atoms with Crippen LogP contribution < -0.4 is 0 Å². The van der Waals surface area contributed by atoms with Gasteiger partial charge in [-0.1, -0.05) is 50.5 Å². The van der Waals surface area contributed by atoms with Crippen LogP contribution in [0.3, 0.4) is 0 Å². The van der Waals surface area contributed by atoms with Crippen LogP contribution >= 0.6 is 0 Å². The molecule has 1 aromatic rings. The zero-order valence-electron chi connectivity index (χ0n) is 17.1. The Balaban J connectivity index is 1.87. The summed E-state index contributed by atoms with van der Waals surface area (Å²) in [6.45, 7) is 4.93. The number of aliphatic hydroxyl groups excluding tert-OH is 1. The van der Waals surface area contributed by atoms with Crippen LogP contribution in [0.15, 0.2) is 36.4 Å². The lowest BCUT2D eigenvalue weighted by atomic mass is 10.1. The number of hydrogen-bond acceptors (Lipinski definition) is 4. The molecule has 1 N–H and O–H groups in total. The SMILES string of the molecule is CCCCC[C@@H](O)C=CC1CCC(=O)N1CCc1ccc(C(=O)OCC)cc1. The highest BCUT2D eigenvalue weighted by Crippen LogP contribution is 2.21. The third-order valence-corrected chi connectivity index (χ3v) is 5.14. The summed E-state index contributed by atoms with van der Waals surface area (Å²) >= 11 is 0. The fourth-order valence-corrected chi connectivity index (χ4v) is 3.47. The van der Waals surface area contributed by atoms with Gasteiger partial charge in [-0.3, -0.25) is 4.79 Å². The predicted molar refractivity (Wildman–Crippen MR) is 110 cm³/mol. The Bertz CT molecular complexity index is 653. The van der Waals surface area contributed by atoms with E-state index in [0.29, 0.717) is 25.1 Å². The van der Waals surface area contributed by atoms with Crippen LogP contribution in [0.25, 0.3) is 0 Å². The fourth-order valence-electron chi connectivity index (χ4n) is 3.47. The molecular weight excluding hydrogens is 354 g/mol. The third kappa shape index (κ3) is 6.79. The Morgan fingerprint density at radius 2 is 2.04 bits per heavy atom. The van der Waals surface area contributed by atoms with E-state index in [1.54, 1.807) is 19.1 Å². The molecule has 2 atom stereocenters. The van der Waals surface area contributed by atoms with Crippen molar-refractivity contribution < 1.29 is 19.4 Å². The summed E-state index contributed by atoms with van der Waals surface area (Å²) in [5.41, 5.74) is 1.62. The Morgan fingerprint density at radius 3 is 2.71 bits per heavy atom. The average molecular weight is 388 g/mol. The van der Waals surface area contributed by atoms with Crippen LogP contribution in [0.5, 0.6) is 0 Å². The highest BCUT2D eigenvalue weighted by atomic mass is 16.5. The van der Waals surface area contributed by atoms with Crippen molar-refractivity contribution in [3.63, 3.8) is 0 Å². The number of rotatable bonds is 11. The standard InChI is InChI=1S/C23H33NO4/c1-3-5-6-7-21(25)14-12-20-13-15-22(26)24(20)17-16-18-8-10-19(11-9-18)23(27)28-4-2/h8-12,14,20-21,25H,3-7,13,15-17H2,1-2H3/t20?,21-/m1/s1. The molecule has 154 valence electrons. The van der Waals surface area contributed by atoms with E-state index >= 15 is 0 Å². The van der Waals surface area contributed by atoms with E-state index in [-0.39, 0.29) is 17.9 Å². The van der Waals surface area contributed by atoms with Gasteiger partial charge in [-0.2, -0.15) is 0 Å². The van der Waals surface area contributed by atoms with Gasteiger partial charge in [0.05, 0.1) is 24.3 Å². The normalized spacial score (nSPS) is 18.0. The first-order valence-electron chi connectivity index (χ1n) is 10.5. The molecule has 0 bridgehead atoms. The van der Waals surface area contributed by atoms with Gasteiger partial charge in [0.2, 0.25) is 5.91 Å². The maximum Gasteiger partial charge on any atom is 0.338 e. The molecule has 1 aromatic carbocycles. The molecule has 1 amide bonds. The quantitative estimate of drug-likeness (QED) is 0.355. The Kier molecular flexibility index (Phi) is 9.21. The molecule has 5 nitrogen and oxygen atoms in total. The number of likely N-dealkylation sites (tertiary alicyclic amines) is 1. The van der Waals surface area contributed by atoms with Gasteiger partial charge in [-0.15, -0.1) is 0 Å². The molecule has 28 heavy (non-hydrogen) atoms. The van der Waals surface area contributed by atoms with Crippen molar-refractivity contribution >= 4 is 11.9 Å². The minimum absolute atomic E-state index is 0.0622. The van der Waals surface area contributed by atoms with Crippen molar-refractivity contribution in [1.82, 2.24) is 4.90 Å². The first-order chi connectivity index (χ1) is 13.5. The van der Waals surface area contributed by atoms with E-state index in [0.717, 1.165) is 44.1 Å². The lowest BCUT2D eigenvalue weighted by molar-refractivity contribution is -0.128. The summed E-state index contributed by atoms with van der Waals surface area (Å²) in [6, 6.07) is 7.42. The Labute approximate surface area is 168 Å². The zero-order chi connectivity index (χ0) is 20.4. The third-order valence-electron chi connectivity index (χ3n) is 5.14. The van der Waals surface area contributed by atoms with Gasteiger partial charge < -0.3 is 14.7 Å². The zero-order valence-corrected chi connectivity index (χ0v) is 17.1. The number of esters is 1. The van der Waals surface area contributed by atoms with E-state index in [1.807, 2.05) is 29.2 Å². The number of hydrogen-bond donors (Lipinski definition) is 1. The van der Waals surface area contributed by atoms with Crippen molar-refractivity contribution in [1.29, 1.82) is 0 Å². The first-order valence-corrected chi connectivity index (χ1v) is 10.5. The summed E-state index contributed by atoms with van der Waals surface area (Å²) < 4.78 is 4.99. The van der Waals surface area contributed by atoms with Gasteiger partial charge in [-0.25, -0.2) is 4.79 Å². The van der Waals surface area contributed by atoms with Gasteiger partial charge >= 0.3 is 5.97 Å². The molecule has 1 aliphatic heterocycles. The largest absolute Gasteiger partial charge is 0.462 e. The maximum absolute atomic E-state index is 12.2. The molecule has 0 aromatic heterocycles. The number of carbonyl (C=O) groups excluding carboxylic acids is 2. The summed E-state index contributed by atoms with van der Waals surface area (Å²) in [6.07, 6.45) is 9.58. The van der Waals surface area contributed by atoms with Gasteiger partial charge in [0.25, 0.3) is 0 Å². The second-order valence-electron chi connectivity index (χ2n) is 7.31. The average Bonchev–Trinajstić information content (AvgIpc) is 3.05. The molecular formula is C23H33NO4. The van der Waals surface area contributed by atoms with Gasteiger partial charge in [-0.05, 0) is 43.9 Å². The summed E-state index contributed by atoms with van der Waals surface area (Å²) in [4.78, 5) is 25.9. The molecule has 1 fully saturated rings. The lowest BCUT2D eigenvalue weighted by Crippen LogP contribution is -2.33. The monoisotopic (exact) mass is 387 g/mol. The smallest absolute Gasteiger partial charge is 0.338 e. The molecule has 2 rings (SSSR count). The predicted octanol–water partition coefficient (Wildman–Crippen LogP) is 3.89. The van der Waals surface area contributed by atoms with Crippen molar-refractivity contribution in [3.05, 3.63) is 47.5 Å². The van der Waals surface area contributed by atoms with E-state index in [2.05, 4.69) is 6.92 Å². The molecule has 1 unspecified atom stereocenters. The maximum atomic E-state index is 12.2. The number of unbranched alkanes of at least 4 members (excludes halogenated alkanes) is 2. The lowest BCUT2D eigenvalue weighted by Gasteiger charge is -2.23. The van der Waals surface area contributed by atoms with Crippen LogP contribution in [0, 0.1) is 0 Å². The van der Waals surface area contributed by atoms with Crippen LogP contribution in [0.2, 0.25) is 0 Å². The molecule has 1 saturated heterocycles. The van der Waals surface area contributed by atoms with E-state index in [1.165, 1.54) is 0 Å². The second-order valence-corrected chi connectivity index (χ2v) is 7.31. The molecule has 5 heteroatoms. The van der Waals surface area contributed by atoms with Crippen molar-refractivity contribution in [3.8, 4) is 0 Å². The van der Waals surface area contributed by atoms with E-state index in [4.69, 9.17) is 4.74 Å². The van der Waals surface area contributed by atoms with Crippen molar-refractivity contribution in [2.75, 3.05) is 13.2 Å². The summed E-state index contributed by atoms with van der Waals surface area (Å²) in [7, 11) is 0. The number of benzene rings is 1. The topological polar surface area (TPSA) is 66.8 Å². The fraction of sp³-hybridized carbons (Fsp3) is 0.565. The van der Waals surface area contributed by atoms with Crippen LogP contribution in [-0.4, -0.2) is 47.2 Å². The molecule has 1 heterocycles. The van der Waals surface area contributed by atoms with Crippen LogP contribution in [0.4, 0.5) is 0 Å². The molecule has 0 spiro atoms. The summed E-state index contributed by atoms with van der Waals surface area (Å²) in [5, 5.41) is 10.1.